The highest BCUT2D eigenvalue weighted by molar-refractivity contribution is 6.07. The number of carbonyl (C=O) groups excluding carboxylic acids is 4. The monoisotopic (exact) mass is 821 g/mol. The molecule has 3 unspecified atom stereocenters. The van der Waals surface area contributed by atoms with E-state index in [2.05, 4.69) is 15.1 Å². The summed E-state index contributed by atoms with van der Waals surface area (Å²) in [7, 11) is 1.63. The topological polar surface area (TPSA) is 132 Å². The Labute approximate surface area is 347 Å². The number of rotatable bonds is 10. The second-order valence-corrected chi connectivity index (χ2v) is 16.2. The third-order valence-corrected chi connectivity index (χ3v) is 12.6. The van der Waals surface area contributed by atoms with Crippen LogP contribution in [-0.4, -0.2) is 105 Å². The largest absolute Gasteiger partial charge is 0.508 e. The first kappa shape index (κ1) is 40.7. The average molecular weight is 822 g/mol. The summed E-state index contributed by atoms with van der Waals surface area (Å²) in [5.74, 6) is -1.28. The van der Waals surface area contributed by atoms with Gasteiger partial charge in [0.25, 0.3) is 5.91 Å². The van der Waals surface area contributed by atoms with E-state index >= 15 is 8.78 Å². The zero-order valence-electron chi connectivity index (χ0n) is 33.7. The lowest BCUT2D eigenvalue weighted by Gasteiger charge is -2.40. The van der Waals surface area contributed by atoms with E-state index in [1.54, 1.807) is 38.3 Å². The van der Waals surface area contributed by atoms with Gasteiger partial charge in [0.05, 0.1) is 25.1 Å². The Morgan fingerprint density at radius 1 is 0.900 bits per heavy atom. The van der Waals surface area contributed by atoms with Crippen molar-refractivity contribution in [1.29, 1.82) is 0 Å². The van der Waals surface area contributed by atoms with Crippen molar-refractivity contribution < 1.29 is 42.5 Å². The summed E-state index contributed by atoms with van der Waals surface area (Å²) in [6, 6.07) is 20.1. The predicted octanol–water partition coefficient (Wildman–Crippen LogP) is 5.74. The molecule has 0 aliphatic carbocycles. The molecule has 3 atom stereocenters. The number of benzene rings is 4. The first-order valence-corrected chi connectivity index (χ1v) is 20.5. The van der Waals surface area contributed by atoms with Crippen LogP contribution in [0.15, 0.2) is 72.8 Å². The normalized spacial score (nSPS) is 21.2. The third kappa shape index (κ3) is 8.25. The number of amides is 4. The number of phenolic OH excluding ortho intramolecular Hbond substituents is 1. The number of halogens is 2. The number of aryl methyl sites for hydroxylation is 1. The van der Waals surface area contributed by atoms with Crippen LogP contribution in [0, 0.1) is 24.5 Å². The number of aromatic hydroxyl groups is 1. The number of hydrogen-bond donors (Lipinski definition) is 2. The number of anilines is 2. The molecular weight excluding hydrogens is 773 g/mol. The summed E-state index contributed by atoms with van der Waals surface area (Å²) in [6.07, 6.45) is 2.09. The smallest absolute Gasteiger partial charge is 0.261 e. The summed E-state index contributed by atoms with van der Waals surface area (Å²) in [5.41, 5.74) is 4.17. The minimum Gasteiger partial charge on any atom is -0.508 e. The van der Waals surface area contributed by atoms with E-state index in [0.29, 0.717) is 48.3 Å². The standard InChI is InChI=1S/C46H49F2N5O7/c1-28-20-41(38(48)24-35(28)46(58)53(27-54)40-10-11-43(56)49-45(40)57)52-18-16-50(17-19-52)25-29-12-14-51(15-13-29)39-9-6-31(22-37(39)47)44-34-8-7-32(55)23-42(34)60-26-36(44)30-4-3-5-33(21-30)59-2/h3-9,20-24,27,29,36,40,44,55H,10-19,25-26H2,1-2H3,(H,49,56,57). The van der Waals surface area contributed by atoms with Crippen LogP contribution in [0.2, 0.25) is 0 Å². The Bertz CT molecular complexity index is 2290. The molecule has 4 aromatic rings. The van der Waals surface area contributed by atoms with Gasteiger partial charge in [-0.2, -0.15) is 0 Å². The van der Waals surface area contributed by atoms with Gasteiger partial charge in [-0.15, -0.1) is 0 Å². The molecule has 3 fully saturated rings. The fourth-order valence-electron chi connectivity index (χ4n) is 9.32. The number of nitrogens with zero attached hydrogens (tertiary/aromatic N) is 4. The molecule has 12 nitrogen and oxygen atoms in total. The van der Waals surface area contributed by atoms with Gasteiger partial charge in [0.1, 0.15) is 34.9 Å². The fourth-order valence-corrected chi connectivity index (χ4v) is 9.32. The maximum atomic E-state index is 16.2. The summed E-state index contributed by atoms with van der Waals surface area (Å²) in [4.78, 5) is 56.3. The highest BCUT2D eigenvalue weighted by Crippen LogP contribution is 2.48. The van der Waals surface area contributed by atoms with Crippen molar-refractivity contribution in [3.05, 3.63) is 112 Å². The lowest BCUT2D eigenvalue weighted by molar-refractivity contribution is -0.139. The Morgan fingerprint density at radius 3 is 2.37 bits per heavy atom. The molecule has 4 aromatic carbocycles. The van der Waals surface area contributed by atoms with Crippen molar-refractivity contribution in [1.82, 2.24) is 15.1 Å². The van der Waals surface area contributed by atoms with Crippen molar-refractivity contribution in [2.45, 2.75) is 50.5 Å². The number of hydrogen-bond acceptors (Lipinski definition) is 10. The van der Waals surface area contributed by atoms with Crippen LogP contribution in [0.5, 0.6) is 17.2 Å². The summed E-state index contributed by atoms with van der Waals surface area (Å²) < 4.78 is 43.4. The minimum atomic E-state index is -1.14. The molecule has 4 heterocycles. The molecule has 60 heavy (non-hydrogen) atoms. The highest BCUT2D eigenvalue weighted by Gasteiger charge is 2.37. The molecule has 4 aliphatic rings. The number of piperazine rings is 1. The molecular formula is C46H49F2N5O7. The van der Waals surface area contributed by atoms with Gasteiger partial charge in [-0.05, 0) is 91.3 Å². The molecule has 0 aromatic heterocycles. The van der Waals surface area contributed by atoms with E-state index in [-0.39, 0.29) is 48.2 Å². The Kier molecular flexibility index (Phi) is 11.7. The predicted molar refractivity (Wildman–Crippen MR) is 221 cm³/mol. The molecule has 314 valence electrons. The van der Waals surface area contributed by atoms with Gasteiger partial charge in [-0.1, -0.05) is 24.3 Å². The first-order valence-electron chi connectivity index (χ1n) is 20.5. The van der Waals surface area contributed by atoms with Crippen LogP contribution in [0.3, 0.4) is 0 Å². The molecule has 4 aliphatic heterocycles. The van der Waals surface area contributed by atoms with Gasteiger partial charge in [0.15, 0.2) is 0 Å². The molecule has 0 spiro atoms. The maximum Gasteiger partial charge on any atom is 0.261 e. The van der Waals surface area contributed by atoms with Crippen LogP contribution in [0.25, 0.3) is 0 Å². The van der Waals surface area contributed by atoms with Gasteiger partial charge in [0, 0.05) is 81.3 Å². The molecule has 2 N–H and O–H groups in total. The quantitative estimate of drug-likeness (QED) is 0.151. The summed E-state index contributed by atoms with van der Waals surface area (Å²) >= 11 is 0. The van der Waals surface area contributed by atoms with Crippen LogP contribution in [0.4, 0.5) is 20.2 Å². The van der Waals surface area contributed by atoms with E-state index in [1.807, 2.05) is 47.4 Å². The van der Waals surface area contributed by atoms with Gasteiger partial charge >= 0.3 is 0 Å². The Hall–Kier alpha value is -6.02. The van der Waals surface area contributed by atoms with Crippen LogP contribution in [0.1, 0.15) is 70.1 Å². The third-order valence-electron chi connectivity index (χ3n) is 12.6. The van der Waals surface area contributed by atoms with Crippen molar-refractivity contribution in [3.8, 4) is 17.2 Å². The lowest BCUT2D eigenvalue weighted by Crippen LogP contribution is -2.54. The molecule has 0 saturated carbocycles. The highest BCUT2D eigenvalue weighted by atomic mass is 19.1. The molecule has 14 heteroatoms. The fraction of sp³-hybridized carbons (Fsp3) is 0.391. The first-order chi connectivity index (χ1) is 29.0. The van der Waals surface area contributed by atoms with Crippen LogP contribution < -0.4 is 24.6 Å². The number of nitrogens with one attached hydrogen (secondary N) is 1. The van der Waals surface area contributed by atoms with E-state index in [9.17, 15) is 24.3 Å². The van der Waals surface area contributed by atoms with E-state index < -0.39 is 29.6 Å². The van der Waals surface area contributed by atoms with Gasteiger partial charge in [-0.25, -0.2) is 8.78 Å². The Morgan fingerprint density at radius 2 is 1.65 bits per heavy atom. The Balaban J connectivity index is 0.871. The average Bonchev–Trinajstić information content (AvgIpc) is 3.25. The molecule has 4 amide bonds. The maximum absolute atomic E-state index is 16.2. The van der Waals surface area contributed by atoms with Gasteiger partial charge in [0.2, 0.25) is 18.2 Å². The molecule has 3 saturated heterocycles. The lowest BCUT2D eigenvalue weighted by atomic mass is 9.75. The number of fused-ring (bicyclic) bond motifs is 1. The van der Waals surface area contributed by atoms with Crippen LogP contribution >= 0.6 is 0 Å². The molecule has 0 radical (unpaired) electrons. The van der Waals surface area contributed by atoms with Crippen molar-refractivity contribution in [3.63, 3.8) is 0 Å². The number of phenols is 1. The minimum absolute atomic E-state index is 0.00387. The SMILES string of the molecule is COc1cccc(C2COc3cc(O)ccc3C2c2ccc(N3CCC(CN4CCN(c5cc(C)c(C(=O)N(C=O)C6CCC(=O)NC6=O)cc5F)CC4)CC3)c(F)c2)c1. The zero-order chi connectivity index (χ0) is 42.1. The van der Waals surface area contributed by atoms with Crippen molar-refractivity contribution >= 4 is 35.5 Å². The number of imide groups is 2. The van der Waals surface area contributed by atoms with E-state index in [0.717, 1.165) is 79.0 Å². The number of carbonyl (C=O) groups is 4. The molecule has 0 bridgehead atoms. The van der Waals surface area contributed by atoms with Gasteiger partial charge in [-0.3, -0.25) is 34.3 Å². The molecule has 8 rings (SSSR count). The summed E-state index contributed by atoms with van der Waals surface area (Å²) in [5, 5.41) is 12.3. The zero-order valence-corrected chi connectivity index (χ0v) is 33.7. The number of methoxy groups -OCH3 is 1. The second-order valence-electron chi connectivity index (χ2n) is 16.2. The van der Waals surface area contributed by atoms with E-state index in [1.165, 1.54) is 0 Å². The van der Waals surface area contributed by atoms with E-state index in [4.69, 9.17) is 9.47 Å². The van der Waals surface area contributed by atoms with Crippen molar-refractivity contribution in [2.75, 3.05) is 69.3 Å². The second kappa shape index (κ2) is 17.3. The summed E-state index contributed by atoms with van der Waals surface area (Å²) in [6.45, 7) is 7.03. The number of ether oxygens (including phenoxy) is 2. The van der Waals surface area contributed by atoms with Crippen LogP contribution in [-0.2, 0) is 14.4 Å². The van der Waals surface area contributed by atoms with Crippen molar-refractivity contribution in [2.24, 2.45) is 5.92 Å². The number of piperidine rings is 2. The van der Waals surface area contributed by atoms with Gasteiger partial charge < -0.3 is 24.4 Å².